The van der Waals surface area contributed by atoms with Gasteiger partial charge in [-0.2, -0.15) is 12.7 Å². The number of nitrogens with zero attached hydrogens (tertiary/aromatic N) is 1. The van der Waals surface area contributed by atoms with Gasteiger partial charge in [0.1, 0.15) is 4.75 Å². The van der Waals surface area contributed by atoms with E-state index in [2.05, 4.69) is 0 Å². The molecule has 0 saturated carbocycles. The van der Waals surface area contributed by atoms with E-state index in [1.807, 2.05) is 0 Å². The van der Waals surface area contributed by atoms with E-state index in [0.29, 0.717) is 6.92 Å². The van der Waals surface area contributed by atoms with Crippen LogP contribution >= 0.6 is 0 Å². The Hall–Kier alpha value is -0.250. The van der Waals surface area contributed by atoms with Crippen LogP contribution in [0.15, 0.2) is 0 Å². The summed E-state index contributed by atoms with van der Waals surface area (Å²) < 4.78 is 68.5. The van der Waals surface area contributed by atoms with Crippen molar-refractivity contribution in [1.29, 1.82) is 0 Å². The van der Waals surface area contributed by atoms with Gasteiger partial charge in [-0.1, -0.05) is 13.8 Å². The van der Waals surface area contributed by atoms with Crippen molar-refractivity contribution in [3.63, 3.8) is 0 Å². The van der Waals surface area contributed by atoms with Crippen molar-refractivity contribution in [1.82, 2.24) is 4.31 Å². The van der Waals surface area contributed by atoms with Crippen molar-refractivity contribution in [2.45, 2.75) is 44.4 Å². The van der Waals surface area contributed by atoms with E-state index in [4.69, 9.17) is 4.55 Å². The third kappa shape index (κ3) is 2.54. The lowest BCUT2D eigenvalue weighted by Crippen LogP contribution is -2.58. The van der Waals surface area contributed by atoms with Crippen molar-refractivity contribution < 1.29 is 25.8 Å². The first kappa shape index (κ1) is 17.8. The summed E-state index contributed by atoms with van der Waals surface area (Å²) in [5.74, 6) is 0. The molecule has 0 aromatic carbocycles. The van der Waals surface area contributed by atoms with Crippen LogP contribution in [0.1, 0.15) is 34.6 Å². The molecule has 0 aromatic rings. The van der Waals surface area contributed by atoms with Crippen LogP contribution in [0.2, 0.25) is 0 Å². The Morgan fingerprint density at radius 2 is 1.39 bits per heavy atom. The fraction of sp³-hybridized carbons (Fsp3) is 1.00. The number of hydrogen-bond donors (Lipinski definition) is 1. The van der Waals surface area contributed by atoms with Crippen LogP contribution in [0.5, 0.6) is 0 Å². The molecule has 0 spiro atoms. The summed E-state index contributed by atoms with van der Waals surface area (Å²) in [7, 11) is -9.39. The second-order valence-corrected chi connectivity index (χ2v) is 8.70. The van der Waals surface area contributed by atoms with Crippen molar-refractivity contribution in [3.8, 4) is 0 Å². The fourth-order valence-corrected chi connectivity index (χ4v) is 4.23. The summed E-state index contributed by atoms with van der Waals surface area (Å²) in [5.41, 5.74) is 0. The van der Waals surface area contributed by atoms with Gasteiger partial charge in [-0.05, 0) is 20.8 Å². The molecule has 110 valence electrons. The van der Waals surface area contributed by atoms with Gasteiger partial charge in [0.2, 0.25) is 5.00 Å². The van der Waals surface area contributed by atoms with Gasteiger partial charge in [-0.15, -0.1) is 0 Å². The highest BCUT2D eigenvalue weighted by Gasteiger charge is 2.60. The second kappa shape index (κ2) is 5.03. The Labute approximate surface area is 108 Å². The molecule has 0 radical (unpaired) electrons. The minimum Gasteiger partial charge on any atom is -0.285 e. The molecule has 0 amide bonds. The number of sulfonamides is 1. The standard InChI is InChI=1S/C9H20FNO5S2/c1-6-11(7-2)17(12,13)9(5,10)8(3,4)18(14,15)16/h6-7H2,1-5H3,(H,14,15,16). The molecule has 0 bridgehead atoms. The predicted octanol–water partition coefficient (Wildman–Crippen LogP) is 1.01. The molecule has 0 aromatic heterocycles. The minimum atomic E-state index is -4.87. The number of hydrogen-bond acceptors (Lipinski definition) is 4. The molecule has 1 unspecified atom stereocenters. The first-order valence-corrected chi connectivity index (χ1v) is 8.31. The second-order valence-electron chi connectivity index (χ2n) is 4.49. The van der Waals surface area contributed by atoms with Crippen LogP contribution in [-0.2, 0) is 20.1 Å². The average molecular weight is 305 g/mol. The van der Waals surface area contributed by atoms with Gasteiger partial charge in [-0.25, -0.2) is 12.8 Å². The van der Waals surface area contributed by atoms with E-state index in [0.717, 1.165) is 18.2 Å². The fourth-order valence-electron chi connectivity index (χ4n) is 1.35. The van der Waals surface area contributed by atoms with Gasteiger partial charge in [0.05, 0.1) is 0 Å². The Bertz CT molecular complexity index is 491. The van der Waals surface area contributed by atoms with E-state index >= 15 is 0 Å². The summed E-state index contributed by atoms with van der Waals surface area (Å²) in [6.07, 6.45) is 0. The predicted molar refractivity (Wildman–Crippen MR) is 67.0 cm³/mol. The van der Waals surface area contributed by atoms with Crippen LogP contribution in [-0.4, -0.2) is 48.5 Å². The Morgan fingerprint density at radius 3 is 1.61 bits per heavy atom. The first-order chi connectivity index (χ1) is 7.77. The third-order valence-corrected chi connectivity index (χ3v) is 7.73. The van der Waals surface area contributed by atoms with Gasteiger partial charge in [0.15, 0.2) is 0 Å². The van der Waals surface area contributed by atoms with Crippen LogP contribution in [0, 0.1) is 0 Å². The summed E-state index contributed by atoms with van der Waals surface area (Å²) in [4.78, 5) is 0. The number of alkyl halides is 1. The van der Waals surface area contributed by atoms with Crippen molar-refractivity contribution in [2.24, 2.45) is 0 Å². The molecule has 9 heteroatoms. The highest BCUT2D eigenvalue weighted by molar-refractivity contribution is 7.93. The van der Waals surface area contributed by atoms with Crippen molar-refractivity contribution in [2.75, 3.05) is 13.1 Å². The van der Waals surface area contributed by atoms with Crippen molar-refractivity contribution >= 4 is 20.1 Å². The molecule has 0 fully saturated rings. The lowest BCUT2D eigenvalue weighted by atomic mass is 10.1. The van der Waals surface area contributed by atoms with Gasteiger partial charge >= 0.3 is 0 Å². The Balaban J connectivity index is 5.96. The smallest absolute Gasteiger partial charge is 0.274 e. The van der Waals surface area contributed by atoms with Gasteiger partial charge < -0.3 is 0 Å². The maximum absolute atomic E-state index is 14.6. The van der Waals surface area contributed by atoms with E-state index in [1.165, 1.54) is 13.8 Å². The third-order valence-electron chi connectivity index (χ3n) is 3.25. The Kier molecular flexibility index (Phi) is 4.96. The summed E-state index contributed by atoms with van der Waals surface area (Å²) in [5, 5.41) is -3.14. The largest absolute Gasteiger partial charge is 0.285 e. The van der Waals surface area contributed by atoms with Gasteiger partial charge in [-0.3, -0.25) is 4.55 Å². The number of rotatable bonds is 6. The molecule has 0 heterocycles. The van der Waals surface area contributed by atoms with E-state index in [9.17, 15) is 21.2 Å². The first-order valence-electron chi connectivity index (χ1n) is 5.43. The lowest BCUT2D eigenvalue weighted by molar-refractivity contribution is 0.209. The lowest BCUT2D eigenvalue weighted by Gasteiger charge is -2.37. The van der Waals surface area contributed by atoms with E-state index < -0.39 is 29.9 Å². The monoisotopic (exact) mass is 305 g/mol. The molecule has 0 saturated heterocycles. The molecule has 18 heavy (non-hydrogen) atoms. The quantitative estimate of drug-likeness (QED) is 0.739. The molecule has 1 atom stereocenters. The zero-order chi connectivity index (χ0) is 15.0. The zero-order valence-corrected chi connectivity index (χ0v) is 12.8. The van der Waals surface area contributed by atoms with Gasteiger partial charge in [0, 0.05) is 13.1 Å². The Morgan fingerprint density at radius 1 is 1.06 bits per heavy atom. The molecule has 6 nitrogen and oxygen atoms in total. The van der Waals surface area contributed by atoms with Crippen LogP contribution < -0.4 is 0 Å². The molecule has 0 aliphatic rings. The molecule has 0 aliphatic heterocycles. The maximum Gasteiger partial charge on any atom is 0.274 e. The number of halogens is 1. The minimum absolute atomic E-state index is 0.0138. The SMILES string of the molecule is CCN(CC)S(=O)(=O)C(C)(F)C(C)(C)S(=O)(=O)O. The van der Waals surface area contributed by atoms with Crippen molar-refractivity contribution in [3.05, 3.63) is 0 Å². The zero-order valence-electron chi connectivity index (χ0n) is 11.1. The van der Waals surface area contributed by atoms with Crippen LogP contribution in [0.25, 0.3) is 0 Å². The van der Waals surface area contributed by atoms with Crippen LogP contribution in [0.4, 0.5) is 4.39 Å². The highest BCUT2D eigenvalue weighted by atomic mass is 32.2. The molecule has 0 rings (SSSR count). The highest BCUT2D eigenvalue weighted by Crippen LogP contribution is 2.39. The maximum atomic E-state index is 14.6. The molecular formula is C9H20FNO5S2. The topological polar surface area (TPSA) is 91.8 Å². The molecule has 0 aliphatic carbocycles. The summed E-state index contributed by atoms with van der Waals surface area (Å²) >= 11 is 0. The summed E-state index contributed by atoms with van der Waals surface area (Å²) in [6, 6.07) is 0. The normalized spacial score (nSPS) is 17.8. The molecular weight excluding hydrogens is 285 g/mol. The summed E-state index contributed by atoms with van der Waals surface area (Å²) in [6.45, 7) is 5.37. The average Bonchev–Trinajstić information content (AvgIpc) is 2.16. The van der Waals surface area contributed by atoms with Crippen LogP contribution in [0.3, 0.4) is 0 Å². The van der Waals surface area contributed by atoms with E-state index in [1.54, 1.807) is 0 Å². The van der Waals surface area contributed by atoms with E-state index in [-0.39, 0.29) is 13.1 Å². The van der Waals surface area contributed by atoms with Gasteiger partial charge in [0.25, 0.3) is 20.1 Å². The molecule has 1 N–H and O–H groups in total.